The highest BCUT2D eigenvalue weighted by Crippen LogP contribution is 2.42. The molecule has 2 nitrogen and oxygen atoms in total. The van der Waals surface area contributed by atoms with Gasteiger partial charge in [-0.2, -0.15) is 8.78 Å². The lowest BCUT2D eigenvalue weighted by Gasteiger charge is -2.21. The maximum atomic E-state index is 15.2. The van der Waals surface area contributed by atoms with Crippen LogP contribution in [-0.4, -0.2) is 6.36 Å². The summed E-state index contributed by atoms with van der Waals surface area (Å²) in [7, 11) is 0. The standard InChI is InChI=1S/C37H21ClF12O2/c1-2-3-4-5-18-6-8-19(9-7-18)20-11-28(42)34(29(43)12-20)36(46,47)51-23-16-26(40)33(27(41)17-23)21-10-24(38)32(25(39)13-21)22-14-30(44)35(31(45)15-22)52-37(48,49)50/h2-3,6-17H,4-5H2,1H3. The summed E-state index contributed by atoms with van der Waals surface area (Å²) in [5.74, 6) is -15.0. The zero-order valence-electron chi connectivity index (χ0n) is 26.2. The van der Waals surface area contributed by atoms with Crippen LogP contribution in [0.3, 0.4) is 0 Å². The number of rotatable bonds is 10. The van der Waals surface area contributed by atoms with E-state index in [4.69, 9.17) is 11.6 Å². The molecule has 5 aromatic rings. The van der Waals surface area contributed by atoms with Crippen molar-refractivity contribution in [3.8, 4) is 44.9 Å². The first-order chi connectivity index (χ1) is 24.4. The molecule has 0 unspecified atom stereocenters. The summed E-state index contributed by atoms with van der Waals surface area (Å²) >= 11 is 6.03. The van der Waals surface area contributed by atoms with Crippen molar-refractivity contribution in [1.29, 1.82) is 0 Å². The molecule has 0 bridgehead atoms. The molecule has 0 heterocycles. The van der Waals surface area contributed by atoms with Crippen LogP contribution in [0.5, 0.6) is 11.5 Å². The predicted molar refractivity (Wildman–Crippen MR) is 168 cm³/mol. The monoisotopic (exact) mass is 760 g/mol. The molecule has 0 saturated heterocycles. The highest BCUT2D eigenvalue weighted by atomic mass is 35.5. The van der Waals surface area contributed by atoms with Gasteiger partial charge in [0.2, 0.25) is 5.75 Å². The predicted octanol–water partition coefficient (Wildman–Crippen LogP) is 12.9. The number of allylic oxidation sites excluding steroid dienone is 2. The molecule has 0 amide bonds. The van der Waals surface area contributed by atoms with Crippen molar-refractivity contribution in [3.63, 3.8) is 0 Å². The second-order valence-corrected chi connectivity index (χ2v) is 11.5. The molecular formula is C37H21ClF12O2. The summed E-state index contributed by atoms with van der Waals surface area (Å²) in [6.07, 6.45) is -4.96. The molecule has 0 fully saturated rings. The van der Waals surface area contributed by atoms with Crippen molar-refractivity contribution in [3.05, 3.63) is 142 Å². The number of benzene rings is 5. The lowest BCUT2D eigenvalue weighted by molar-refractivity contribution is -0.276. The minimum atomic E-state index is -5.46. The molecule has 0 aliphatic carbocycles. The SMILES string of the molecule is CC=CCCc1ccc(-c2cc(F)c(C(F)(F)Oc3cc(F)c(-c4cc(F)c(-c5cc(F)c(OC(F)(F)F)c(F)c5)c(Cl)c4)c(F)c3)c(F)c2)cc1. The number of ether oxygens (including phenoxy) is 2. The first-order valence-electron chi connectivity index (χ1n) is 14.9. The number of halogens is 13. The molecule has 0 atom stereocenters. The van der Waals surface area contributed by atoms with Gasteiger partial charge < -0.3 is 9.47 Å². The van der Waals surface area contributed by atoms with Crippen LogP contribution >= 0.6 is 11.6 Å². The Labute approximate surface area is 292 Å². The van der Waals surface area contributed by atoms with Crippen LogP contribution in [0, 0.1) is 40.7 Å². The summed E-state index contributed by atoms with van der Waals surface area (Å²) in [5.41, 5.74) is -3.88. The summed E-state index contributed by atoms with van der Waals surface area (Å²) in [6, 6.07) is 9.97. The van der Waals surface area contributed by atoms with E-state index in [0.29, 0.717) is 30.2 Å². The number of hydrogen-bond acceptors (Lipinski definition) is 2. The number of aryl methyl sites for hydroxylation is 1. The van der Waals surface area contributed by atoms with Gasteiger partial charge in [-0.25, -0.2) is 30.7 Å². The lowest BCUT2D eigenvalue weighted by Crippen LogP contribution is -2.25. The summed E-state index contributed by atoms with van der Waals surface area (Å²) in [5, 5.41) is -0.723. The van der Waals surface area contributed by atoms with Crippen LogP contribution in [0.15, 0.2) is 84.9 Å². The lowest BCUT2D eigenvalue weighted by atomic mass is 9.98. The number of alkyl halides is 5. The zero-order chi connectivity index (χ0) is 38.1. The van der Waals surface area contributed by atoms with E-state index in [2.05, 4.69) is 9.47 Å². The Bertz CT molecular complexity index is 2070. The minimum Gasteiger partial charge on any atom is -0.429 e. The maximum absolute atomic E-state index is 15.2. The molecular weight excluding hydrogens is 740 g/mol. The van der Waals surface area contributed by atoms with Gasteiger partial charge in [0.15, 0.2) is 11.6 Å². The normalized spacial score (nSPS) is 12.1. The van der Waals surface area contributed by atoms with Gasteiger partial charge in [-0.1, -0.05) is 48.0 Å². The van der Waals surface area contributed by atoms with Gasteiger partial charge in [0.1, 0.15) is 40.4 Å². The van der Waals surface area contributed by atoms with E-state index < -0.39 is 97.5 Å². The zero-order valence-corrected chi connectivity index (χ0v) is 27.0. The Morgan fingerprint density at radius 3 is 1.60 bits per heavy atom. The van der Waals surface area contributed by atoms with Crippen LogP contribution in [0.4, 0.5) is 52.7 Å². The molecule has 0 N–H and O–H groups in total. The topological polar surface area (TPSA) is 18.5 Å². The molecule has 0 aromatic heterocycles. The van der Waals surface area contributed by atoms with Gasteiger partial charge in [0.05, 0.1) is 10.6 Å². The van der Waals surface area contributed by atoms with Crippen LogP contribution < -0.4 is 9.47 Å². The van der Waals surface area contributed by atoms with Crippen molar-refractivity contribution in [1.82, 2.24) is 0 Å². The van der Waals surface area contributed by atoms with Gasteiger partial charge >= 0.3 is 12.5 Å². The number of hydrogen-bond donors (Lipinski definition) is 0. The second-order valence-electron chi connectivity index (χ2n) is 11.1. The van der Waals surface area contributed by atoms with Gasteiger partial charge in [-0.15, -0.1) is 13.2 Å². The van der Waals surface area contributed by atoms with Crippen LogP contribution in [-0.2, 0) is 12.5 Å². The average Bonchev–Trinajstić information content (AvgIpc) is 3.01. The highest BCUT2D eigenvalue weighted by molar-refractivity contribution is 6.33. The van der Waals surface area contributed by atoms with E-state index in [0.717, 1.165) is 18.1 Å². The van der Waals surface area contributed by atoms with Crippen molar-refractivity contribution in [2.45, 2.75) is 32.2 Å². The molecule has 52 heavy (non-hydrogen) atoms. The first kappa shape index (κ1) is 38.1. The van der Waals surface area contributed by atoms with E-state index >= 15 is 22.0 Å². The van der Waals surface area contributed by atoms with Crippen molar-refractivity contribution in [2.75, 3.05) is 0 Å². The summed E-state index contributed by atoms with van der Waals surface area (Å²) < 4.78 is 179. The molecule has 5 aromatic carbocycles. The Morgan fingerprint density at radius 2 is 1.08 bits per heavy atom. The minimum absolute atomic E-state index is 0.0735. The van der Waals surface area contributed by atoms with E-state index in [1.165, 1.54) is 0 Å². The Balaban J connectivity index is 1.40. The Kier molecular flexibility index (Phi) is 10.9. The first-order valence-corrected chi connectivity index (χ1v) is 15.3. The average molecular weight is 761 g/mol. The molecule has 5 rings (SSSR count). The third-order valence-corrected chi connectivity index (χ3v) is 7.85. The second kappa shape index (κ2) is 14.9. The molecule has 0 radical (unpaired) electrons. The van der Waals surface area contributed by atoms with Gasteiger partial charge in [-0.3, -0.25) is 0 Å². The van der Waals surface area contributed by atoms with Gasteiger partial charge in [0.25, 0.3) is 0 Å². The highest BCUT2D eigenvalue weighted by Gasteiger charge is 2.42. The molecule has 0 spiro atoms. The summed E-state index contributed by atoms with van der Waals surface area (Å²) in [4.78, 5) is 0. The smallest absolute Gasteiger partial charge is 0.429 e. The third kappa shape index (κ3) is 8.33. The van der Waals surface area contributed by atoms with E-state index in [9.17, 15) is 30.7 Å². The van der Waals surface area contributed by atoms with E-state index in [1.807, 2.05) is 19.1 Å². The largest absolute Gasteiger partial charge is 0.573 e. The van der Waals surface area contributed by atoms with Crippen LogP contribution in [0.2, 0.25) is 5.02 Å². The summed E-state index contributed by atoms with van der Waals surface area (Å²) in [6.45, 7) is 1.87. The fraction of sp³-hybridized carbons (Fsp3) is 0.135. The van der Waals surface area contributed by atoms with Crippen LogP contribution in [0.1, 0.15) is 24.5 Å². The van der Waals surface area contributed by atoms with E-state index in [1.54, 1.807) is 24.3 Å². The van der Waals surface area contributed by atoms with Crippen molar-refractivity contribution >= 4 is 11.6 Å². The molecule has 0 aliphatic rings. The van der Waals surface area contributed by atoms with Gasteiger partial charge in [0, 0.05) is 17.7 Å². The molecule has 15 heteroatoms. The fourth-order valence-corrected chi connectivity index (χ4v) is 5.61. The Morgan fingerprint density at radius 1 is 0.577 bits per heavy atom. The quantitative estimate of drug-likeness (QED) is 0.104. The van der Waals surface area contributed by atoms with Crippen molar-refractivity contribution < 1.29 is 62.2 Å². The van der Waals surface area contributed by atoms with Gasteiger partial charge in [-0.05, 0) is 84.0 Å². The van der Waals surface area contributed by atoms with Crippen LogP contribution in [0.25, 0.3) is 33.4 Å². The third-order valence-electron chi connectivity index (χ3n) is 7.55. The molecule has 0 saturated carbocycles. The maximum Gasteiger partial charge on any atom is 0.573 e. The Hall–Kier alpha value is -5.11. The fourth-order valence-electron chi connectivity index (χ4n) is 5.29. The van der Waals surface area contributed by atoms with E-state index in [-0.39, 0.29) is 29.8 Å². The molecule has 272 valence electrons. The van der Waals surface area contributed by atoms with Crippen molar-refractivity contribution in [2.24, 2.45) is 0 Å². The molecule has 0 aliphatic heterocycles.